The highest BCUT2D eigenvalue weighted by molar-refractivity contribution is 6.25. The van der Waals surface area contributed by atoms with Crippen LogP contribution in [0.3, 0.4) is 0 Å². The molecule has 1 aliphatic rings. The van der Waals surface area contributed by atoms with Crippen LogP contribution in [0.5, 0.6) is 0 Å². The lowest BCUT2D eigenvalue weighted by Gasteiger charge is -2.26. The number of nitrogens with zero attached hydrogens (tertiary/aromatic N) is 1. The molecule has 4 nitrogen and oxygen atoms in total. The van der Waals surface area contributed by atoms with Crippen LogP contribution >= 0.6 is 11.6 Å². The molecular weight excluding hydrogens is 252 g/mol. The SMILES string of the molecule is CCN(CC)CCC1=C(C(=O)O)C=CC(N)(Cl)C1. The average molecular weight is 273 g/mol. The van der Waals surface area contributed by atoms with Crippen molar-refractivity contribution in [2.75, 3.05) is 19.6 Å². The number of rotatable bonds is 6. The van der Waals surface area contributed by atoms with Gasteiger partial charge in [-0.3, -0.25) is 0 Å². The molecular formula is C13H21ClN2O2. The standard InChI is InChI=1S/C13H21ClN2O2/c1-3-16(4-2)8-6-10-9-13(14,15)7-5-11(10)12(17)18/h5,7H,3-4,6,8-9,15H2,1-2H3,(H,17,18). The Bertz CT molecular complexity index is 371. The fraction of sp³-hybridized carbons (Fsp3) is 0.615. The van der Waals surface area contributed by atoms with Gasteiger partial charge < -0.3 is 15.7 Å². The highest BCUT2D eigenvalue weighted by Crippen LogP contribution is 2.30. The summed E-state index contributed by atoms with van der Waals surface area (Å²) in [5.41, 5.74) is 7.00. The van der Waals surface area contributed by atoms with Gasteiger partial charge in [0.2, 0.25) is 0 Å². The van der Waals surface area contributed by atoms with Gasteiger partial charge in [0.15, 0.2) is 0 Å². The van der Waals surface area contributed by atoms with Crippen molar-refractivity contribution in [1.29, 1.82) is 0 Å². The topological polar surface area (TPSA) is 66.6 Å². The minimum atomic E-state index is -0.947. The van der Waals surface area contributed by atoms with E-state index in [0.29, 0.717) is 18.4 Å². The second-order valence-electron chi connectivity index (χ2n) is 4.54. The predicted molar refractivity (Wildman–Crippen MR) is 73.6 cm³/mol. The molecule has 18 heavy (non-hydrogen) atoms. The van der Waals surface area contributed by atoms with Gasteiger partial charge >= 0.3 is 5.97 Å². The second kappa shape index (κ2) is 6.36. The van der Waals surface area contributed by atoms with E-state index in [9.17, 15) is 4.79 Å². The number of nitrogens with two attached hydrogens (primary N) is 1. The molecule has 0 aromatic rings. The van der Waals surface area contributed by atoms with Crippen LogP contribution in [0.4, 0.5) is 0 Å². The van der Waals surface area contributed by atoms with Crippen LogP contribution in [0, 0.1) is 0 Å². The van der Waals surface area contributed by atoms with Crippen molar-refractivity contribution in [2.45, 2.75) is 31.7 Å². The summed E-state index contributed by atoms with van der Waals surface area (Å²) in [6, 6.07) is 0. The summed E-state index contributed by atoms with van der Waals surface area (Å²) in [5, 5.41) is 9.15. The smallest absolute Gasteiger partial charge is 0.335 e. The van der Waals surface area contributed by atoms with Gasteiger partial charge in [-0.1, -0.05) is 31.0 Å². The highest BCUT2D eigenvalue weighted by atomic mass is 35.5. The number of aliphatic carboxylic acids is 1. The fourth-order valence-electron chi connectivity index (χ4n) is 2.10. The minimum Gasteiger partial charge on any atom is -0.478 e. The van der Waals surface area contributed by atoms with Gasteiger partial charge in [0.1, 0.15) is 5.00 Å². The second-order valence-corrected chi connectivity index (χ2v) is 5.24. The number of halogens is 1. The van der Waals surface area contributed by atoms with E-state index in [0.717, 1.165) is 25.2 Å². The van der Waals surface area contributed by atoms with Crippen LogP contribution in [0.1, 0.15) is 26.7 Å². The van der Waals surface area contributed by atoms with Gasteiger partial charge in [-0.05, 0) is 31.7 Å². The Morgan fingerprint density at radius 3 is 2.67 bits per heavy atom. The first kappa shape index (κ1) is 15.2. The molecule has 0 aromatic heterocycles. The van der Waals surface area contributed by atoms with Crippen LogP contribution in [-0.4, -0.2) is 40.6 Å². The van der Waals surface area contributed by atoms with Crippen molar-refractivity contribution in [3.63, 3.8) is 0 Å². The lowest BCUT2D eigenvalue weighted by molar-refractivity contribution is -0.132. The van der Waals surface area contributed by atoms with Crippen LogP contribution in [0.25, 0.3) is 0 Å². The van der Waals surface area contributed by atoms with Crippen molar-refractivity contribution < 1.29 is 9.90 Å². The van der Waals surface area contributed by atoms with Crippen LogP contribution in [-0.2, 0) is 4.79 Å². The molecule has 0 fully saturated rings. The monoisotopic (exact) mass is 272 g/mol. The molecule has 0 amide bonds. The molecule has 0 bridgehead atoms. The summed E-state index contributed by atoms with van der Waals surface area (Å²) in [6.45, 7) is 6.92. The van der Waals surface area contributed by atoms with Crippen LogP contribution < -0.4 is 5.73 Å². The molecule has 0 saturated carbocycles. The molecule has 5 heteroatoms. The number of carboxylic acid groups (broad SMARTS) is 1. The summed E-state index contributed by atoms with van der Waals surface area (Å²) >= 11 is 6.07. The third-order valence-electron chi connectivity index (χ3n) is 3.25. The molecule has 1 aliphatic carbocycles. The molecule has 1 rings (SSSR count). The zero-order chi connectivity index (χ0) is 13.8. The summed E-state index contributed by atoms with van der Waals surface area (Å²) in [4.78, 5) is 12.5. The van der Waals surface area contributed by atoms with Crippen molar-refractivity contribution in [3.8, 4) is 0 Å². The Labute approximate surface area is 113 Å². The quantitative estimate of drug-likeness (QED) is 0.573. The van der Waals surface area contributed by atoms with Gasteiger partial charge in [0.05, 0.1) is 5.57 Å². The molecule has 3 N–H and O–H groups in total. The van der Waals surface area contributed by atoms with Crippen molar-refractivity contribution in [2.24, 2.45) is 5.73 Å². The molecule has 0 heterocycles. The van der Waals surface area contributed by atoms with E-state index in [2.05, 4.69) is 18.7 Å². The molecule has 0 spiro atoms. The van der Waals surface area contributed by atoms with E-state index in [1.165, 1.54) is 6.08 Å². The molecule has 1 unspecified atom stereocenters. The number of carboxylic acids is 1. The Morgan fingerprint density at radius 1 is 1.56 bits per heavy atom. The van der Waals surface area contributed by atoms with Crippen LogP contribution in [0.15, 0.2) is 23.3 Å². The molecule has 1 atom stereocenters. The normalized spacial score (nSPS) is 23.8. The summed E-state index contributed by atoms with van der Waals surface area (Å²) in [7, 11) is 0. The first-order valence-corrected chi connectivity index (χ1v) is 6.62. The molecule has 102 valence electrons. The lowest BCUT2D eigenvalue weighted by atomic mass is 9.92. The predicted octanol–water partition coefficient (Wildman–Crippen LogP) is 1.95. The number of carbonyl (C=O) groups is 1. The van der Waals surface area contributed by atoms with E-state index in [-0.39, 0.29) is 0 Å². The number of alkyl halides is 1. The summed E-state index contributed by atoms with van der Waals surface area (Å²) in [5.74, 6) is -0.909. The van der Waals surface area contributed by atoms with Gasteiger partial charge in [-0.2, -0.15) is 0 Å². The Kier molecular flexibility index (Phi) is 5.38. The minimum absolute atomic E-state index is 0.337. The Hall–Kier alpha value is -0.840. The van der Waals surface area contributed by atoms with E-state index >= 15 is 0 Å². The molecule has 0 aliphatic heterocycles. The van der Waals surface area contributed by atoms with Crippen molar-refractivity contribution >= 4 is 17.6 Å². The zero-order valence-electron chi connectivity index (χ0n) is 10.9. The van der Waals surface area contributed by atoms with E-state index in [1.54, 1.807) is 6.08 Å². The number of hydrogen-bond donors (Lipinski definition) is 2. The molecule has 0 saturated heterocycles. The molecule has 0 radical (unpaired) electrons. The summed E-state index contributed by atoms with van der Waals surface area (Å²) in [6.07, 6.45) is 4.17. The van der Waals surface area contributed by atoms with E-state index in [1.807, 2.05) is 0 Å². The van der Waals surface area contributed by atoms with E-state index < -0.39 is 11.0 Å². The maximum absolute atomic E-state index is 11.2. The highest BCUT2D eigenvalue weighted by Gasteiger charge is 2.27. The maximum Gasteiger partial charge on any atom is 0.335 e. The first-order chi connectivity index (χ1) is 8.39. The third kappa shape index (κ3) is 4.12. The van der Waals surface area contributed by atoms with Gasteiger partial charge in [-0.15, -0.1) is 0 Å². The third-order valence-corrected chi connectivity index (χ3v) is 3.51. The number of hydrogen-bond acceptors (Lipinski definition) is 3. The first-order valence-electron chi connectivity index (χ1n) is 6.24. The van der Waals surface area contributed by atoms with Gasteiger partial charge in [-0.25, -0.2) is 4.79 Å². The van der Waals surface area contributed by atoms with Gasteiger partial charge in [0, 0.05) is 13.0 Å². The summed E-state index contributed by atoms with van der Waals surface area (Å²) < 4.78 is 0. The molecule has 0 aromatic carbocycles. The Balaban J connectivity index is 2.79. The van der Waals surface area contributed by atoms with Crippen molar-refractivity contribution in [3.05, 3.63) is 23.3 Å². The van der Waals surface area contributed by atoms with E-state index in [4.69, 9.17) is 22.4 Å². The average Bonchev–Trinajstić information content (AvgIpc) is 2.28. The van der Waals surface area contributed by atoms with Crippen molar-refractivity contribution in [1.82, 2.24) is 4.90 Å². The Morgan fingerprint density at radius 2 is 2.17 bits per heavy atom. The zero-order valence-corrected chi connectivity index (χ0v) is 11.7. The fourth-order valence-corrected chi connectivity index (χ4v) is 2.32. The van der Waals surface area contributed by atoms with Gasteiger partial charge in [0.25, 0.3) is 0 Å². The maximum atomic E-state index is 11.2. The lowest BCUT2D eigenvalue weighted by Crippen LogP contribution is -2.34. The largest absolute Gasteiger partial charge is 0.478 e. The van der Waals surface area contributed by atoms with Crippen LogP contribution in [0.2, 0.25) is 0 Å².